The van der Waals surface area contributed by atoms with E-state index in [9.17, 15) is 13.2 Å². The summed E-state index contributed by atoms with van der Waals surface area (Å²) >= 11 is 0. The summed E-state index contributed by atoms with van der Waals surface area (Å²) in [5.41, 5.74) is -0.557. The van der Waals surface area contributed by atoms with Crippen molar-refractivity contribution in [2.45, 2.75) is 52.7 Å². The first-order valence-corrected chi connectivity index (χ1v) is 9.02. The van der Waals surface area contributed by atoms with Gasteiger partial charge in [-0.05, 0) is 40.0 Å². The number of rotatable bonds is 3. The predicted molar refractivity (Wildman–Crippen MR) is 82.6 cm³/mol. The molecule has 0 unspecified atom stereocenters. The van der Waals surface area contributed by atoms with Gasteiger partial charge in [0.15, 0.2) is 0 Å². The van der Waals surface area contributed by atoms with Crippen LogP contribution in [0.3, 0.4) is 0 Å². The Bertz CT molecular complexity index is 470. The second-order valence-electron chi connectivity index (χ2n) is 6.68. The van der Waals surface area contributed by atoms with E-state index in [0.717, 1.165) is 6.42 Å². The molecule has 1 heterocycles. The number of ether oxygens (including phenoxy) is 1. The van der Waals surface area contributed by atoms with E-state index in [1.807, 2.05) is 27.7 Å². The van der Waals surface area contributed by atoms with Crippen LogP contribution in [0.1, 0.15) is 41.0 Å². The van der Waals surface area contributed by atoms with Crippen LogP contribution in [0.15, 0.2) is 0 Å². The lowest BCUT2D eigenvalue weighted by atomic mass is 9.94. The first-order chi connectivity index (χ1) is 9.48. The fourth-order valence-corrected chi connectivity index (χ4v) is 3.56. The van der Waals surface area contributed by atoms with Crippen molar-refractivity contribution in [3.63, 3.8) is 0 Å². The van der Waals surface area contributed by atoms with Gasteiger partial charge in [0.1, 0.15) is 5.60 Å². The molecule has 1 aliphatic heterocycles. The predicted octanol–water partition coefficient (Wildman–Crippen LogP) is 1.91. The van der Waals surface area contributed by atoms with Crippen molar-refractivity contribution >= 4 is 16.1 Å². The fraction of sp³-hybridized carbons (Fsp3) is 0.929. The molecule has 1 amide bonds. The molecule has 1 saturated heterocycles. The van der Waals surface area contributed by atoms with E-state index in [-0.39, 0.29) is 17.7 Å². The summed E-state index contributed by atoms with van der Waals surface area (Å²) in [5.74, 6) is 0.329. The van der Waals surface area contributed by atoms with Gasteiger partial charge in [-0.2, -0.15) is 4.31 Å². The average molecular weight is 320 g/mol. The first kappa shape index (κ1) is 18.2. The highest BCUT2D eigenvalue weighted by Gasteiger charge is 2.36. The molecular formula is C14H28N2O4S. The van der Waals surface area contributed by atoms with E-state index in [2.05, 4.69) is 0 Å². The number of piperidine rings is 1. The van der Waals surface area contributed by atoms with Gasteiger partial charge in [-0.3, -0.25) is 0 Å². The molecular weight excluding hydrogens is 292 g/mol. The van der Waals surface area contributed by atoms with Crippen molar-refractivity contribution < 1.29 is 17.9 Å². The number of amides is 1. The van der Waals surface area contributed by atoms with Crippen LogP contribution in [0, 0.1) is 5.92 Å². The van der Waals surface area contributed by atoms with Crippen LogP contribution in [0.5, 0.6) is 0 Å². The van der Waals surface area contributed by atoms with Crippen LogP contribution in [0.25, 0.3) is 0 Å². The average Bonchev–Trinajstić information content (AvgIpc) is 2.36. The topological polar surface area (TPSA) is 66.9 Å². The molecule has 124 valence electrons. The van der Waals surface area contributed by atoms with Crippen LogP contribution in [0.4, 0.5) is 4.79 Å². The third kappa shape index (κ3) is 4.85. The highest BCUT2D eigenvalue weighted by Crippen LogP contribution is 2.24. The lowest BCUT2D eigenvalue weighted by Crippen LogP contribution is -2.54. The molecule has 1 fully saturated rings. The number of sulfonamides is 1. The van der Waals surface area contributed by atoms with E-state index in [4.69, 9.17) is 4.74 Å². The SMILES string of the molecule is CCS(=O)(=O)N1CC[C@@H](C)[C@@H](N(C)C(=O)OC(C)(C)C)C1. The summed E-state index contributed by atoms with van der Waals surface area (Å²) in [6.45, 7) is 10.00. The van der Waals surface area contributed by atoms with E-state index < -0.39 is 21.7 Å². The maximum atomic E-state index is 12.2. The number of nitrogens with zero attached hydrogens (tertiary/aromatic N) is 2. The Morgan fingerprint density at radius 1 is 1.38 bits per heavy atom. The van der Waals surface area contributed by atoms with Crippen molar-refractivity contribution in [1.82, 2.24) is 9.21 Å². The van der Waals surface area contributed by atoms with Crippen molar-refractivity contribution in [1.29, 1.82) is 0 Å². The van der Waals surface area contributed by atoms with Gasteiger partial charge in [-0.15, -0.1) is 0 Å². The van der Waals surface area contributed by atoms with Crippen LogP contribution >= 0.6 is 0 Å². The third-order valence-corrected chi connectivity index (χ3v) is 5.67. The van der Waals surface area contributed by atoms with Gasteiger partial charge in [0.05, 0.1) is 11.8 Å². The van der Waals surface area contributed by atoms with Gasteiger partial charge in [-0.1, -0.05) is 6.92 Å². The fourth-order valence-electron chi connectivity index (χ4n) is 2.43. The zero-order valence-corrected chi connectivity index (χ0v) is 14.7. The second kappa shape index (κ2) is 6.52. The molecule has 21 heavy (non-hydrogen) atoms. The van der Waals surface area contributed by atoms with Gasteiger partial charge < -0.3 is 9.64 Å². The molecule has 0 N–H and O–H groups in total. The normalized spacial score (nSPS) is 24.7. The monoisotopic (exact) mass is 320 g/mol. The van der Waals surface area contributed by atoms with Gasteiger partial charge in [-0.25, -0.2) is 13.2 Å². The molecule has 0 aromatic heterocycles. The Hall–Kier alpha value is -0.820. The Labute approximate surface area is 128 Å². The minimum absolute atomic E-state index is 0.0876. The minimum atomic E-state index is -3.22. The number of carbonyl (C=O) groups excluding carboxylic acids is 1. The molecule has 0 aromatic rings. The van der Waals surface area contributed by atoms with Crippen molar-refractivity contribution in [2.75, 3.05) is 25.9 Å². The number of hydrogen-bond donors (Lipinski definition) is 0. The van der Waals surface area contributed by atoms with Gasteiger partial charge in [0, 0.05) is 20.1 Å². The highest BCUT2D eigenvalue weighted by atomic mass is 32.2. The zero-order chi connectivity index (χ0) is 16.4. The van der Waals surface area contributed by atoms with Crippen LogP contribution in [-0.4, -0.2) is 61.2 Å². The minimum Gasteiger partial charge on any atom is -0.444 e. The maximum absolute atomic E-state index is 12.2. The molecule has 6 nitrogen and oxygen atoms in total. The summed E-state index contributed by atoms with van der Waals surface area (Å²) in [4.78, 5) is 13.7. The summed E-state index contributed by atoms with van der Waals surface area (Å²) in [6, 6.07) is -0.157. The third-order valence-electron chi connectivity index (χ3n) is 3.82. The standard InChI is InChI=1S/C14H28N2O4S/c1-7-21(18,19)16-9-8-11(2)12(10-16)15(6)13(17)20-14(3,4)5/h11-12H,7-10H2,1-6H3/t11-,12+/m1/s1. The molecule has 0 radical (unpaired) electrons. The molecule has 1 rings (SSSR count). The Morgan fingerprint density at radius 3 is 2.43 bits per heavy atom. The highest BCUT2D eigenvalue weighted by molar-refractivity contribution is 7.89. The molecule has 0 aromatic carbocycles. The Kier molecular flexibility index (Phi) is 5.66. The molecule has 0 spiro atoms. The number of likely N-dealkylation sites (N-methyl/N-ethyl adjacent to an activating group) is 1. The molecule has 2 atom stereocenters. The smallest absolute Gasteiger partial charge is 0.410 e. The van der Waals surface area contributed by atoms with Gasteiger partial charge >= 0.3 is 6.09 Å². The summed E-state index contributed by atoms with van der Waals surface area (Å²) in [6.07, 6.45) is 0.340. The largest absolute Gasteiger partial charge is 0.444 e. The Balaban J connectivity index is 2.82. The van der Waals surface area contributed by atoms with E-state index in [1.165, 1.54) is 9.21 Å². The molecule has 0 saturated carbocycles. The number of hydrogen-bond acceptors (Lipinski definition) is 4. The molecule has 7 heteroatoms. The van der Waals surface area contributed by atoms with Crippen molar-refractivity contribution in [3.05, 3.63) is 0 Å². The van der Waals surface area contributed by atoms with E-state index in [1.54, 1.807) is 14.0 Å². The molecule has 0 aliphatic carbocycles. The van der Waals surface area contributed by atoms with E-state index >= 15 is 0 Å². The second-order valence-corrected chi connectivity index (χ2v) is 8.94. The quantitative estimate of drug-likeness (QED) is 0.797. The van der Waals surface area contributed by atoms with E-state index in [0.29, 0.717) is 13.1 Å². The van der Waals surface area contributed by atoms with Crippen LogP contribution in [-0.2, 0) is 14.8 Å². The van der Waals surface area contributed by atoms with Gasteiger partial charge in [0.2, 0.25) is 10.0 Å². The first-order valence-electron chi connectivity index (χ1n) is 7.41. The summed E-state index contributed by atoms with van der Waals surface area (Å²) in [7, 11) is -1.54. The van der Waals surface area contributed by atoms with Crippen LogP contribution in [0.2, 0.25) is 0 Å². The molecule has 1 aliphatic rings. The number of carbonyl (C=O) groups is 1. The van der Waals surface area contributed by atoms with Crippen LogP contribution < -0.4 is 0 Å². The summed E-state index contributed by atoms with van der Waals surface area (Å²) < 4.78 is 30.9. The maximum Gasteiger partial charge on any atom is 0.410 e. The van der Waals surface area contributed by atoms with Crippen molar-refractivity contribution in [2.24, 2.45) is 5.92 Å². The van der Waals surface area contributed by atoms with Gasteiger partial charge in [0.25, 0.3) is 0 Å². The lowest BCUT2D eigenvalue weighted by molar-refractivity contribution is 0.0104. The summed E-state index contributed by atoms with van der Waals surface area (Å²) in [5, 5.41) is 0. The zero-order valence-electron chi connectivity index (χ0n) is 13.9. The molecule has 0 bridgehead atoms. The Morgan fingerprint density at radius 2 is 1.95 bits per heavy atom. The lowest BCUT2D eigenvalue weighted by Gasteiger charge is -2.41. The van der Waals surface area contributed by atoms with Crippen molar-refractivity contribution in [3.8, 4) is 0 Å².